The van der Waals surface area contributed by atoms with Crippen LogP contribution in [0.1, 0.15) is 5.76 Å². The second-order valence-electron chi connectivity index (χ2n) is 5.56. The van der Waals surface area contributed by atoms with Crippen molar-refractivity contribution in [3.05, 3.63) is 77.0 Å². The number of halogens is 1. The quantitative estimate of drug-likeness (QED) is 0.491. The molecule has 1 aromatic heterocycles. The van der Waals surface area contributed by atoms with Gasteiger partial charge in [-0.05, 0) is 48.5 Å². The molecular weight excluding hydrogens is 364 g/mol. The van der Waals surface area contributed by atoms with Gasteiger partial charge in [-0.25, -0.2) is 0 Å². The van der Waals surface area contributed by atoms with Gasteiger partial charge in [0.25, 0.3) is 5.91 Å². The minimum Gasteiger partial charge on any atom is -0.497 e. The summed E-state index contributed by atoms with van der Waals surface area (Å²) in [6.07, 6.45) is 1.40. The Morgan fingerprint density at radius 1 is 1.19 bits per heavy atom. The first-order valence-electron chi connectivity index (χ1n) is 8.02. The molecule has 0 aliphatic heterocycles. The number of methoxy groups -OCH3 is 1. The van der Waals surface area contributed by atoms with Gasteiger partial charge in [0.15, 0.2) is 0 Å². The molecule has 1 N–H and O–H groups in total. The molecule has 3 aromatic rings. The van der Waals surface area contributed by atoms with Gasteiger partial charge in [0.1, 0.15) is 28.9 Å². The molecule has 6 heteroatoms. The number of hydrogen-bond acceptors (Lipinski definition) is 4. The molecule has 134 valence electrons. The van der Waals surface area contributed by atoms with Gasteiger partial charge in [0, 0.05) is 28.4 Å². The number of benzene rings is 2. The Morgan fingerprint density at radius 3 is 2.67 bits per heavy atom. The minimum absolute atomic E-state index is 0.0742. The zero-order chi connectivity index (χ0) is 19.2. The second kappa shape index (κ2) is 8.26. The van der Waals surface area contributed by atoms with Gasteiger partial charge in [-0.1, -0.05) is 17.7 Å². The average molecular weight is 379 g/mol. The molecule has 0 atom stereocenters. The molecule has 2 aromatic carbocycles. The van der Waals surface area contributed by atoms with Crippen molar-refractivity contribution in [3.8, 4) is 23.1 Å². The van der Waals surface area contributed by atoms with E-state index in [1.54, 1.807) is 48.5 Å². The van der Waals surface area contributed by atoms with Crippen LogP contribution in [0.3, 0.4) is 0 Å². The number of nitrogens with one attached hydrogen (secondary N) is 1. The van der Waals surface area contributed by atoms with Crippen LogP contribution in [0.25, 0.3) is 17.4 Å². The minimum atomic E-state index is -0.532. The first kappa shape index (κ1) is 18.3. The van der Waals surface area contributed by atoms with Crippen LogP contribution in [-0.2, 0) is 4.79 Å². The highest BCUT2D eigenvalue weighted by Crippen LogP contribution is 2.25. The first-order chi connectivity index (χ1) is 13.1. The van der Waals surface area contributed by atoms with Crippen molar-refractivity contribution >= 4 is 29.3 Å². The Labute approximate surface area is 161 Å². The fourth-order valence-corrected chi connectivity index (χ4v) is 2.52. The molecule has 3 rings (SSSR count). The lowest BCUT2D eigenvalue weighted by molar-refractivity contribution is -0.112. The lowest BCUT2D eigenvalue weighted by Gasteiger charge is -2.06. The predicted octanol–water partition coefficient (Wildman–Crippen LogP) is 5.15. The molecule has 0 aliphatic rings. The van der Waals surface area contributed by atoms with Gasteiger partial charge in [-0.15, -0.1) is 0 Å². The van der Waals surface area contributed by atoms with Crippen LogP contribution in [0.5, 0.6) is 5.75 Å². The molecule has 1 heterocycles. The zero-order valence-electron chi connectivity index (χ0n) is 14.4. The molecule has 0 spiro atoms. The zero-order valence-corrected chi connectivity index (χ0v) is 15.2. The molecule has 0 saturated carbocycles. The van der Waals surface area contributed by atoms with Crippen LogP contribution in [0.4, 0.5) is 5.69 Å². The van der Waals surface area contributed by atoms with Crippen molar-refractivity contribution in [2.75, 3.05) is 12.4 Å². The van der Waals surface area contributed by atoms with Crippen LogP contribution in [0.2, 0.25) is 5.02 Å². The van der Waals surface area contributed by atoms with E-state index in [2.05, 4.69) is 5.32 Å². The number of carbonyl (C=O) groups excluding carboxylic acids is 1. The topological polar surface area (TPSA) is 75.3 Å². The fourth-order valence-electron chi connectivity index (χ4n) is 2.39. The Hall–Kier alpha value is -3.49. The third-order valence-corrected chi connectivity index (χ3v) is 3.99. The Morgan fingerprint density at radius 2 is 1.96 bits per heavy atom. The summed E-state index contributed by atoms with van der Waals surface area (Å²) in [5.41, 5.74) is 1.30. The summed E-state index contributed by atoms with van der Waals surface area (Å²) in [5.74, 6) is 1.09. The van der Waals surface area contributed by atoms with E-state index in [0.717, 1.165) is 5.56 Å². The molecule has 27 heavy (non-hydrogen) atoms. The number of ether oxygens (including phenoxy) is 1. The van der Waals surface area contributed by atoms with Gasteiger partial charge >= 0.3 is 0 Å². The summed E-state index contributed by atoms with van der Waals surface area (Å²) >= 11 is 5.88. The number of nitriles is 1. The Kier molecular flexibility index (Phi) is 5.60. The van der Waals surface area contributed by atoms with E-state index < -0.39 is 5.91 Å². The highest BCUT2D eigenvalue weighted by Gasteiger charge is 2.12. The van der Waals surface area contributed by atoms with E-state index in [1.807, 2.05) is 18.2 Å². The predicted molar refractivity (Wildman–Crippen MR) is 104 cm³/mol. The number of amides is 1. The molecular formula is C21H15ClN2O3. The van der Waals surface area contributed by atoms with Crippen LogP contribution < -0.4 is 10.1 Å². The number of carbonyl (C=O) groups is 1. The van der Waals surface area contributed by atoms with Crippen molar-refractivity contribution in [1.29, 1.82) is 5.26 Å². The molecule has 0 bridgehead atoms. The lowest BCUT2D eigenvalue weighted by atomic mass is 10.2. The summed E-state index contributed by atoms with van der Waals surface area (Å²) in [5, 5.41) is 12.6. The van der Waals surface area contributed by atoms with Gasteiger partial charge in [-0.2, -0.15) is 5.26 Å². The van der Waals surface area contributed by atoms with Crippen molar-refractivity contribution in [2.45, 2.75) is 0 Å². The third-order valence-electron chi connectivity index (χ3n) is 3.73. The van der Waals surface area contributed by atoms with E-state index in [0.29, 0.717) is 28.0 Å². The van der Waals surface area contributed by atoms with Gasteiger partial charge in [0.2, 0.25) is 0 Å². The largest absolute Gasteiger partial charge is 0.497 e. The highest BCUT2D eigenvalue weighted by molar-refractivity contribution is 6.30. The summed E-state index contributed by atoms with van der Waals surface area (Å²) in [6, 6.07) is 19.4. The second-order valence-corrected chi connectivity index (χ2v) is 6.00. The van der Waals surface area contributed by atoms with E-state index in [-0.39, 0.29) is 5.57 Å². The molecule has 0 unspecified atom stereocenters. The molecule has 1 amide bonds. The Balaban J connectivity index is 1.78. The summed E-state index contributed by atoms with van der Waals surface area (Å²) in [6.45, 7) is 0. The van der Waals surface area contributed by atoms with Crippen LogP contribution in [0, 0.1) is 11.3 Å². The number of anilines is 1. The van der Waals surface area contributed by atoms with Crippen LogP contribution in [0.15, 0.2) is 70.7 Å². The number of nitrogens with zero attached hydrogens (tertiary/aromatic N) is 1. The van der Waals surface area contributed by atoms with E-state index >= 15 is 0 Å². The van der Waals surface area contributed by atoms with Crippen molar-refractivity contribution in [2.24, 2.45) is 0 Å². The van der Waals surface area contributed by atoms with Crippen molar-refractivity contribution < 1.29 is 13.9 Å². The fraction of sp³-hybridized carbons (Fsp3) is 0.0476. The maximum absolute atomic E-state index is 12.4. The van der Waals surface area contributed by atoms with E-state index in [4.69, 9.17) is 20.8 Å². The standard InChI is InChI=1S/C21H15ClN2O3/c1-26-18-4-2-3-17(12-18)24-21(25)15(13-23)11-19-9-10-20(27-19)14-5-7-16(22)8-6-14/h2-12H,1H3,(H,24,25)/b15-11+. The lowest BCUT2D eigenvalue weighted by Crippen LogP contribution is -2.13. The van der Waals surface area contributed by atoms with Gasteiger partial charge in [-0.3, -0.25) is 4.79 Å². The van der Waals surface area contributed by atoms with E-state index in [9.17, 15) is 10.1 Å². The smallest absolute Gasteiger partial charge is 0.266 e. The summed E-state index contributed by atoms with van der Waals surface area (Å²) < 4.78 is 10.8. The van der Waals surface area contributed by atoms with Crippen molar-refractivity contribution in [3.63, 3.8) is 0 Å². The van der Waals surface area contributed by atoms with E-state index in [1.165, 1.54) is 13.2 Å². The van der Waals surface area contributed by atoms with Crippen LogP contribution in [-0.4, -0.2) is 13.0 Å². The maximum atomic E-state index is 12.4. The average Bonchev–Trinajstić information content (AvgIpc) is 3.15. The molecule has 0 radical (unpaired) electrons. The maximum Gasteiger partial charge on any atom is 0.266 e. The highest BCUT2D eigenvalue weighted by atomic mass is 35.5. The number of furan rings is 1. The molecule has 0 fully saturated rings. The van der Waals surface area contributed by atoms with Gasteiger partial charge < -0.3 is 14.5 Å². The number of rotatable bonds is 5. The molecule has 5 nitrogen and oxygen atoms in total. The van der Waals surface area contributed by atoms with Crippen LogP contribution >= 0.6 is 11.6 Å². The van der Waals surface area contributed by atoms with Gasteiger partial charge in [0.05, 0.1) is 7.11 Å². The first-order valence-corrected chi connectivity index (χ1v) is 8.40. The SMILES string of the molecule is COc1cccc(NC(=O)/C(C#N)=C/c2ccc(-c3ccc(Cl)cc3)o2)c1. The molecule has 0 aliphatic carbocycles. The normalized spacial score (nSPS) is 10.9. The summed E-state index contributed by atoms with van der Waals surface area (Å²) in [4.78, 5) is 12.4. The monoisotopic (exact) mass is 378 g/mol. The number of hydrogen-bond donors (Lipinski definition) is 1. The van der Waals surface area contributed by atoms with Crippen molar-refractivity contribution in [1.82, 2.24) is 0 Å². The molecule has 0 saturated heterocycles. The third kappa shape index (κ3) is 4.57. The summed E-state index contributed by atoms with van der Waals surface area (Å²) in [7, 11) is 1.54. The Bertz CT molecular complexity index is 1030.